The summed E-state index contributed by atoms with van der Waals surface area (Å²) in [7, 11) is -3.02. The van der Waals surface area contributed by atoms with Crippen molar-refractivity contribution in [1.82, 2.24) is 4.90 Å². The van der Waals surface area contributed by atoms with Gasteiger partial charge in [-0.1, -0.05) is 25.1 Å². The average Bonchev–Trinajstić information content (AvgIpc) is 3.04. The Kier molecular flexibility index (Phi) is 4.67. The third-order valence-corrected chi connectivity index (χ3v) is 7.20. The Morgan fingerprint density at radius 3 is 2.58 bits per heavy atom. The fourth-order valence-corrected chi connectivity index (χ4v) is 4.68. The number of carbonyl (C=O) groups excluding carboxylic acids is 1. The number of likely N-dealkylation sites (tertiary alicyclic amines) is 1. The van der Waals surface area contributed by atoms with Crippen LogP contribution in [-0.2, 0) is 14.6 Å². The highest BCUT2D eigenvalue weighted by molar-refractivity contribution is 7.92. The molecule has 0 bridgehead atoms. The Labute approximate surface area is 142 Å². The molecule has 0 aliphatic carbocycles. The summed E-state index contributed by atoms with van der Waals surface area (Å²) in [6, 6.07) is 9.60. The summed E-state index contributed by atoms with van der Waals surface area (Å²) in [5.41, 5.74) is 0.778. The SMILES string of the molecule is CCS(=O)(=O)C1CCN(C(=O)C(C)c2cc3ccccc3o2)CC1. The Hall–Kier alpha value is -1.82. The van der Waals surface area contributed by atoms with Gasteiger partial charge in [-0.2, -0.15) is 0 Å². The van der Waals surface area contributed by atoms with Crippen molar-refractivity contribution in [1.29, 1.82) is 0 Å². The molecule has 1 unspecified atom stereocenters. The maximum Gasteiger partial charge on any atom is 0.233 e. The number of benzene rings is 1. The molecule has 5 nitrogen and oxygen atoms in total. The zero-order valence-electron chi connectivity index (χ0n) is 14.1. The monoisotopic (exact) mass is 349 g/mol. The van der Waals surface area contributed by atoms with Crippen LogP contribution in [0.1, 0.15) is 38.4 Å². The van der Waals surface area contributed by atoms with Crippen LogP contribution in [0.3, 0.4) is 0 Å². The highest BCUT2D eigenvalue weighted by atomic mass is 32.2. The van der Waals surface area contributed by atoms with E-state index in [1.807, 2.05) is 37.3 Å². The molecule has 130 valence electrons. The van der Waals surface area contributed by atoms with Gasteiger partial charge in [-0.3, -0.25) is 4.79 Å². The van der Waals surface area contributed by atoms with Crippen molar-refractivity contribution in [3.63, 3.8) is 0 Å². The second kappa shape index (κ2) is 6.59. The number of piperidine rings is 1. The van der Waals surface area contributed by atoms with Crippen molar-refractivity contribution in [2.24, 2.45) is 0 Å². The first kappa shape index (κ1) is 17.0. The topological polar surface area (TPSA) is 67.6 Å². The van der Waals surface area contributed by atoms with Crippen molar-refractivity contribution >= 4 is 26.7 Å². The van der Waals surface area contributed by atoms with Gasteiger partial charge in [-0.25, -0.2) is 8.42 Å². The van der Waals surface area contributed by atoms with Crippen LogP contribution >= 0.6 is 0 Å². The summed E-state index contributed by atoms with van der Waals surface area (Å²) in [4.78, 5) is 14.5. The van der Waals surface area contributed by atoms with E-state index >= 15 is 0 Å². The molecule has 0 radical (unpaired) electrons. The van der Waals surface area contributed by atoms with Crippen molar-refractivity contribution in [2.45, 2.75) is 37.9 Å². The van der Waals surface area contributed by atoms with Crippen LogP contribution in [0.25, 0.3) is 11.0 Å². The molecular formula is C18H23NO4S. The van der Waals surface area contributed by atoms with Gasteiger partial charge >= 0.3 is 0 Å². The van der Waals surface area contributed by atoms with E-state index in [2.05, 4.69) is 0 Å². The third kappa shape index (κ3) is 3.20. The van der Waals surface area contributed by atoms with E-state index in [1.165, 1.54) is 0 Å². The number of nitrogens with zero attached hydrogens (tertiary/aromatic N) is 1. The van der Waals surface area contributed by atoms with Crippen LogP contribution in [0.2, 0.25) is 0 Å². The molecule has 3 rings (SSSR count). The number of hydrogen-bond acceptors (Lipinski definition) is 4. The molecule has 1 fully saturated rings. The lowest BCUT2D eigenvalue weighted by molar-refractivity contribution is -0.133. The number of fused-ring (bicyclic) bond motifs is 1. The van der Waals surface area contributed by atoms with E-state index in [9.17, 15) is 13.2 Å². The summed E-state index contributed by atoms with van der Waals surface area (Å²) in [5.74, 6) is 0.462. The number of carbonyl (C=O) groups is 1. The molecule has 1 amide bonds. The molecule has 2 heterocycles. The summed E-state index contributed by atoms with van der Waals surface area (Å²) < 4.78 is 29.7. The van der Waals surface area contributed by atoms with E-state index in [4.69, 9.17) is 4.42 Å². The minimum absolute atomic E-state index is 0.00130. The molecule has 0 spiro atoms. The van der Waals surface area contributed by atoms with Crippen LogP contribution in [0.5, 0.6) is 0 Å². The van der Waals surface area contributed by atoms with Crippen LogP contribution in [0.15, 0.2) is 34.7 Å². The minimum atomic E-state index is -3.02. The molecule has 1 aromatic heterocycles. The third-order valence-electron chi connectivity index (χ3n) is 4.91. The predicted octanol–water partition coefficient (Wildman–Crippen LogP) is 2.96. The molecule has 6 heteroatoms. The Bertz CT molecular complexity index is 799. The van der Waals surface area contributed by atoms with Gasteiger partial charge in [-0.05, 0) is 31.9 Å². The van der Waals surface area contributed by atoms with Crippen molar-refractivity contribution < 1.29 is 17.6 Å². The Morgan fingerprint density at radius 1 is 1.29 bits per heavy atom. The standard InChI is InChI=1S/C18H23NO4S/c1-3-24(21,22)15-8-10-19(11-9-15)18(20)13(2)17-12-14-6-4-5-7-16(14)23-17/h4-7,12-13,15H,3,8-11H2,1-2H3. The molecule has 1 atom stereocenters. The molecule has 1 saturated heterocycles. The maximum absolute atomic E-state index is 12.7. The van der Waals surface area contributed by atoms with Crippen LogP contribution in [-0.4, -0.2) is 43.3 Å². The van der Waals surface area contributed by atoms with E-state index in [0.29, 0.717) is 31.7 Å². The smallest absolute Gasteiger partial charge is 0.233 e. The van der Waals surface area contributed by atoms with Gasteiger partial charge in [0, 0.05) is 24.2 Å². The van der Waals surface area contributed by atoms with Crippen molar-refractivity contribution in [2.75, 3.05) is 18.8 Å². The summed E-state index contributed by atoms with van der Waals surface area (Å²) >= 11 is 0. The maximum atomic E-state index is 12.7. The van der Waals surface area contributed by atoms with Crippen LogP contribution in [0.4, 0.5) is 0 Å². The largest absolute Gasteiger partial charge is 0.460 e. The van der Waals surface area contributed by atoms with E-state index < -0.39 is 9.84 Å². The number of para-hydroxylation sites is 1. The Balaban J connectivity index is 1.68. The Morgan fingerprint density at radius 2 is 1.96 bits per heavy atom. The van der Waals surface area contributed by atoms with Crippen LogP contribution in [0, 0.1) is 0 Å². The minimum Gasteiger partial charge on any atom is -0.460 e. The zero-order chi connectivity index (χ0) is 17.3. The normalized spacial score (nSPS) is 18.0. The first-order valence-corrected chi connectivity index (χ1v) is 10.1. The van der Waals surface area contributed by atoms with E-state index in [1.54, 1.807) is 11.8 Å². The number of amides is 1. The van der Waals surface area contributed by atoms with Gasteiger partial charge in [-0.15, -0.1) is 0 Å². The van der Waals surface area contributed by atoms with Gasteiger partial charge in [0.2, 0.25) is 5.91 Å². The lowest BCUT2D eigenvalue weighted by Gasteiger charge is -2.32. The quantitative estimate of drug-likeness (QED) is 0.851. The second-order valence-corrected chi connectivity index (χ2v) is 8.95. The van der Waals surface area contributed by atoms with Crippen molar-refractivity contribution in [3.8, 4) is 0 Å². The number of sulfone groups is 1. The van der Waals surface area contributed by atoms with Crippen LogP contribution < -0.4 is 0 Å². The molecule has 1 aliphatic rings. The molecule has 1 aromatic carbocycles. The first-order valence-electron chi connectivity index (χ1n) is 8.41. The summed E-state index contributed by atoms with van der Waals surface area (Å²) in [6.07, 6.45) is 1.05. The molecule has 0 N–H and O–H groups in total. The highest BCUT2D eigenvalue weighted by Crippen LogP contribution is 2.28. The van der Waals surface area contributed by atoms with E-state index in [-0.39, 0.29) is 22.8 Å². The molecular weight excluding hydrogens is 326 g/mol. The zero-order valence-corrected chi connectivity index (χ0v) is 14.9. The van der Waals surface area contributed by atoms with Gasteiger partial charge in [0.1, 0.15) is 11.3 Å². The van der Waals surface area contributed by atoms with Gasteiger partial charge < -0.3 is 9.32 Å². The second-order valence-electron chi connectivity index (χ2n) is 6.38. The van der Waals surface area contributed by atoms with E-state index in [0.717, 1.165) is 11.0 Å². The lowest BCUT2D eigenvalue weighted by atomic mass is 10.0. The average molecular weight is 349 g/mol. The summed E-state index contributed by atoms with van der Waals surface area (Å²) in [6.45, 7) is 4.51. The number of rotatable bonds is 4. The first-order chi connectivity index (χ1) is 11.4. The van der Waals surface area contributed by atoms with Crippen molar-refractivity contribution in [3.05, 3.63) is 36.1 Å². The highest BCUT2D eigenvalue weighted by Gasteiger charge is 2.32. The molecule has 1 aliphatic heterocycles. The molecule has 24 heavy (non-hydrogen) atoms. The molecule has 2 aromatic rings. The van der Waals surface area contributed by atoms with Gasteiger partial charge in [0.15, 0.2) is 9.84 Å². The number of hydrogen-bond donors (Lipinski definition) is 0. The van der Waals surface area contributed by atoms with Gasteiger partial charge in [0.25, 0.3) is 0 Å². The lowest BCUT2D eigenvalue weighted by Crippen LogP contribution is -2.44. The van der Waals surface area contributed by atoms with Gasteiger partial charge in [0.05, 0.1) is 11.2 Å². The fraction of sp³-hybridized carbons (Fsp3) is 0.500. The fourth-order valence-electron chi connectivity index (χ4n) is 3.28. The predicted molar refractivity (Wildman–Crippen MR) is 93.7 cm³/mol. The molecule has 0 saturated carbocycles. The summed E-state index contributed by atoms with van der Waals surface area (Å²) in [5, 5.41) is 0.674. The number of furan rings is 1.